The van der Waals surface area contributed by atoms with Gasteiger partial charge in [0.15, 0.2) is 0 Å². The van der Waals surface area contributed by atoms with Crippen LogP contribution in [0.4, 0.5) is 0 Å². The third kappa shape index (κ3) is 3.75. The lowest BCUT2D eigenvalue weighted by Crippen LogP contribution is -2.42. The van der Waals surface area contributed by atoms with Gasteiger partial charge in [-0.05, 0) is 23.3 Å². The molecule has 4 heteroatoms. The van der Waals surface area contributed by atoms with Crippen molar-refractivity contribution in [3.8, 4) is 5.75 Å². The molecular weight excluding hydrogens is 352 g/mol. The number of rotatable bonds is 8. The summed E-state index contributed by atoms with van der Waals surface area (Å²) in [4.78, 5) is 0. The van der Waals surface area contributed by atoms with E-state index in [4.69, 9.17) is 14.2 Å². The molecule has 1 atom stereocenters. The smallest absolute Gasteiger partial charge is 0.147 e. The molecule has 0 spiro atoms. The number of allylic oxidation sites excluding steroid dienone is 1. The summed E-state index contributed by atoms with van der Waals surface area (Å²) in [5, 5.41) is 3.04. The fourth-order valence-electron chi connectivity index (χ4n) is 4.33. The predicted molar refractivity (Wildman–Crippen MR) is 113 cm³/mol. The van der Waals surface area contributed by atoms with Crippen LogP contribution in [0.5, 0.6) is 5.75 Å². The first-order chi connectivity index (χ1) is 12.8. The second-order valence-corrected chi connectivity index (χ2v) is 12.5. The molecule has 3 nitrogen and oxygen atoms in total. The lowest BCUT2D eigenvalue weighted by atomic mass is 9.98. The van der Waals surface area contributed by atoms with Crippen molar-refractivity contribution < 1.29 is 14.2 Å². The highest BCUT2D eigenvalue weighted by atomic mass is 28.3. The normalized spacial score (nSPS) is 17.0. The van der Waals surface area contributed by atoms with Gasteiger partial charge < -0.3 is 14.2 Å². The molecule has 2 aromatic rings. The van der Waals surface area contributed by atoms with Crippen molar-refractivity contribution in [2.24, 2.45) is 5.41 Å². The standard InChI is InChI=1S/C23H30O3Si/c1-23(2)20(22(23)27(5,6)19-10-8-7-9-11-19)21(26-16-24-3)17-12-14-18(25-4)15-13-17/h7-15,21H,16H2,1-6H3. The van der Waals surface area contributed by atoms with Crippen LogP contribution in [0.25, 0.3) is 0 Å². The zero-order chi connectivity index (χ0) is 19.7. The average Bonchev–Trinajstić information content (AvgIpc) is 3.26. The van der Waals surface area contributed by atoms with Crippen molar-refractivity contribution in [2.75, 3.05) is 21.0 Å². The lowest BCUT2D eigenvalue weighted by molar-refractivity contribution is -0.0609. The maximum atomic E-state index is 6.17. The zero-order valence-electron chi connectivity index (χ0n) is 17.2. The molecule has 1 aliphatic rings. The van der Waals surface area contributed by atoms with Gasteiger partial charge in [-0.2, -0.15) is 0 Å². The minimum Gasteiger partial charge on any atom is -0.497 e. The summed E-state index contributed by atoms with van der Waals surface area (Å²) >= 11 is 0. The van der Waals surface area contributed by atoms with Gasteiger partial charge in [-0.25, -0.2) is 0 Å². The second kappa shape index (κ2) is 7.62. The Morgan fingerprint density at radius 1 is 0.926 bits per heavy atom. The Balaban J connectivity index is 2.01. The molecule has 0 aliphatic heterocycles. The Labute approximate surface area is 164 Å². The molecule has 27 heavy (non-hydrogen) atoms. The predicted octanol–water partition coefficient (Wildman–Crippen LogP) is 4.85. The summed E-state index contributed by atoms with van der Waals surface area (Å²) in [5.41, 5.74) is 2.62. The summed E-state index contributed by atoms with van der Waals surface area (Å²) in [5.74, 6) is 0.854. The first kappa shape index (κ1) is 19.9. The van der Waals surface area contributed by atoms with Gasteiger partial charge in [0, 0.05) is 12.5 Å². The van der Waals surface area contributed by atoms with Crippen LogP contribution in [-0.4, -0.2) is 29.1 Å². The van der Waals surface area contributed by atoms with E-state index in [0.717, 1.165) is 11.3 Å². The third-order valence-corrected chi connectivity index (χ3v) is 9.58. The lowest BCUT2D eigenvalue weighted by Gasteiger charge is -2.23. The maximum Gasteiger partial charge on any atom is 0.147 e. The van der Waals surface area contributed by atoms with E-state index < -0.39 is 8.07 Å². The highest BCUT2D eigenvalue weighted by molar-refractivity contribution is 6.97. The van der Waals surface area contributed by atoms with Crippen molar-refractivity contribution in [1.29, 1.82) is 0 Å². The van der Waals surface area contributed by atoms with Gasteiger partial charge in [0.1, 0.15) is 26.7 Å². The van der Waals surface area contributed by atoms with Gasteiger partial charge in [-0.1, -0.05) is 79.8 Å². The van der Waals surface area contributed by atoms with Gasteiger partial charge >= 0.3 is 0 Å². The molecule has 0 saturated heterocycles. The van der Waals surface area contributed by atoms with Gasteiger partial charge in [-0.15, -0.1) is 0 Å². The molecule has 3 rings (SSSR count). The second-order valence-electron chi connectivity index (χ2n) is 8.13. The van der Waals surface area contributed by atoms with Crippen LogP contribution in [-0.2, 0) is 9.47 Å². The minimum atomic E-state index is -1.76. The molecule has 1 aliphatic carbocycles. The van der Waals surface area contributed by atoms with Crippen LogP contribution in [0.2, 0.25) is 13.1 Å². The molecular formula is C23H30O3Si. The van der Waals surface area contributed by atoms with Crippen LogP contribution in [0.15, 0.2) is 65.4 Å². The third-order valence-electron chi connectivity index (χ3n) is 5.66. The average molecular weight is 383 g/mol. The van der Waals surface area contributed by atoms with Gasteiger partial charge in [0.25, 0.3) is 0 Å². The van der Waals surface area contributed by atoms with Crippen molar-refractivity contribution in [3.63, 3.8) is 0 Å². The van der Waals surface area contributed by atoms with Crippen LogP contribution >= 0.6 is 0 Å². The minimum absolute atomic E-state index is 0.0733. The largest absolute Gasteiger partial charge is 0.497 e. The summed E-state index contributed by atoms with van der Waals surface area (Å²) < 4.78 is 16.7. The van der Waals surface area contributed by atoms with E-state index in [2.05, 4.69) is 69.4 Å². The summed E-state index contributed by atoms with van der Waals surface area (Å²) in [6, 6.07) is 19.1. The van der Waals surface area contributed by atoms with Crippen molar-refractivity contribution in [2.45, 2.75) is 33.0 Å². The Bertz CT molecular complexity index is 807. The number of methoxy groups -OCH3 is 2. The van der Waals surface area contributed by atoms with Crippen LogP contribution in [0, 0.1) is 5.41 Å². The van der Waals surface area contributed by atoms with E-state index in [9.17, 15) is 0 Å². The SMILES string of the molecule is COCOC(C1=C([Si](C)(C)c2ccccc2)C1(C)C)c1ccc(OC)cc1. The summed E-state index contributed by atoms with van der Waals surface area (Å²) in [7, 11) is 1.59. The number of hydrogen-bond acceptors (Lipinski definition) is 3. The molecule has 144 valence electrons. The monoisotopic (exact) mass is 382 g/mol. The molecule has 0 amide bonds. The molecule has 0 radical (unpaired) electrons. The maximum absolute atomic E-state index is 6.17. The Morgan fingerprint density at radius 2 is 1.56 bits per heavy atom. The Kier molecular flexibility index (Phi) is 5.61. The number of hydrogen-bond donors (Lipinski definition) is 0. The highest BCUT2D eigenvalue weighted by Crippen LogP contribution is 2.61. The first-order valence-corrected chi connectivity index (χ1v) is 12.4. The zero-order valence-corrected chi connectivity index (χ0v) is 18.2. The van der Waals surface area contributed by atoms with E-state index >= 15 is 0 Å². The Hall–Kier alpha value is -1.88. The summed E-state index contributed by atoms with van der Waals surface area (Å²) in [6.45, 7) is 9.79. The quantitative estimate of drug-likeness (QED) is 0.483. The molecule has 0 heterocycles. The molecule has 0 fully saturated rings. The number of benzene rings is 2. The molecule has 0 N–H and O–H groups in total. The summed E-state index contributed by atoms with van der Waals surface area (Å²) in [6.07, 6.45) is -0.0867. The highest BCUT2D eigenvalue weighted by Gasteiger charge is 2.56. The van der Waals surface area contributed by atoms with Crippen LogP contribution in [0.1, 0.15) is 25.5 Å². The molecule has 1 unspecified atom stereocenters. The molecule has 0 saturated carbocycles. The fraction of sp³-hybridized carbons (Fsp3) is 0.391. The fourth-order valence-corrected chi connectivity index (χ4v) is 8.40. The van der Waals surface area contributed by atoms with E-state index in [1.54, 1.807) is 19.4 Å². The van der Waals surface area contributed by atoms with E-state index in [-0.39, 0.29) is 18.3 Å². The Morgan fingerprint density at radius 3 is 2.11 bits per heavy atom. The van der Waals surface area contributed by atoms with Crippen molar-refractivity contribution in [1.82, 2.24) is 0 Å². The van der Waals surface area contributed by atoms with Crippen molar-refractivity contribution in [3.05, 3.63) is 70.9 Å². The van der Waals surface area contributed by atoms with E-state index in [1.807, 2.05) is 12.1 Å². The van der Waals surface area contributed by atoms with Gasteiger partial charge in [0.05, 0.1) is 7.11 Å². The van der Waals surface area contributed by atoms with Crippen molar-refractivity contribution >= 4 is 13.3 Å². The van der Waals surface area contributed by atoms with Crippen LogP contribution in [0.3, 0.4) is 0 Å². The van der Waals surface area contributed by atoms with Crippen LogP contribution < -0.4 is 9.92 Å². The molecule has 2 aromatic carbocycles. The van der Waals surface area contributed by atoms with E-state index in [1.165, 1.54) is 10.8 Å². The topological polar surface area (TPSA) is 27.7 Å². The van der Waals surface area contributed by atoms with E-state index in [0.29, 0.717) is 0 Å². The van der Waals surface area contributed by atoms with Gasteiger partial charge in [0.2, 0.25) is 0 Å². The number of ether oxygens (including phenoxy) is 3. The molecule has 0 bridgehead atoms. The van der Waals surface area contributed by atoms with Gasteiger partial charge in [-0.3, -0.25) is 0 Å². The molecule has 0 aromatic heterocycles. The first-order valence-electron chi connectivity index (χ1n) is 9.39.